The summed E-state index contributed by atoms with van der Waals surface area (Å²) in [5, 5.41) is 3.50. The molecule has 2 aliphatic heterocycles. The van der Waals surface area contributed by atoms with E-state index in [9.17, 15) is 0 Å². The maximum Gasteiger partial charge on any atom is 0.0235 e. The number of hydrogen-bond acceptors (Lipinski definition) is 3. The second kappa shape index (κ2) is 7.05. The minimum absolute atomic E-state index is 0.396. The van der Waals surface area contributed by atoms with Crippen LogP contribution in [0.2, 0.25) is 0 Å². The van der Waals surface area contributed by atoms with Crippen molar-refractivity contribution < 1.29 is 0 Å². The van der Waals surface area contributed by atoms with Crippen molar-refractivity contribution >= 4 is 0 Å². The fraction of sp³-hybridized carbons (Fsp3) is 1.00. The molecule has 1 N–H and O–H groups in total. The zero-order chi connectivity index (χ0) is 13.7. The van der Waals surface area contributed by atoms with Gasteiger partial charge in [-0.05, 0) is 50.9 Å². The summed E-state index contributed by atoms with van der Waals surface area (Å²) in [6.07, 6.45) is 5.67. The Morgan fingerprint density at radius 1 is 1.11 bits per heavy atom. The molecule has 0 saturated carbocycles. The average molecular weight is 267 g/mol. The topological polar surface area (TPSA) is 18.5 Å². The van der Waals surface area contributed by atoms with E-state index in [1.54, 1.807) is 0 Å². The van der Waals surface area contributed by atoms with E-state index < -0.39 is 0 Å². The fourth-order valence-electron chi connectivity index (χ4n) is 3.66. The van der Waals surface area contributed by atoms with Crippen LogP contribution in [-0.4, -0.2) is 61.7 Å². The molecule has 0 spiro atoms. The van der Waals surface area contributed by atoms with Gasteiger partial charge in [0.05, 0.1) is 0 Å². The van der Waals surface area contributed by atoms with Gasteiger partial charge >= 0.3 is 0 Å². The molecular formula is C16H33N3. The molecule has 3 heteroatoms. The maximum absolute atomic E-state index is 3.50. The number of likely N-dealkylation sites (tertiary alicyclic amines) is 2. The lowest BCUT2D eigenvalue weighted by Crippen LogP contribution is -2.43. The van der Waals surface area contributed by atoms with Crippen molar-refractivity contribution in [1.82, 2.24) is 15.1 Å². The molecule has 0 aromatic carbocycles. The first-order valence-electron chi connectivity index (χ1n) is 8.28. The minimum Gasteiger partial charge on any atom is -0.316 e. The molecule has 0 amide bonds. The largest absolute Gasteiger partial charge is 0.316 e. The van der Waals surface area contributed by atoms with Crippen LogP contribution in [0, 0.1) is 5.41 Å². The van der Waals surface area contributed by atoms with Crippen molar-refractivity contribution in [2.24, 2.45) is 5.41 Å². The Kier molecular flexibility index (Phi) is 5.67. The molecule has 2 fully saturated rings. The summed E-state index contributed by atoms with van der Waals surface area (Å²) in [4.78, 5) is 5.44. The second-order valence-corrected chi connectivity index (χ2v) is 7.22. The van der Waals surface area contributed by atoms with Gasteiger partial charge in [0.25, 0.3) is 0 Å². The van der Waals surface area contributed by atoms with Crippen LogP contribution >= 0.6 is 0 Å². The standard InChI is InChI=1S/C16H33N3/c1-4-17-13-16(2,3)14-18-11-8-15(12-18)19-9-6-5-7-10-19/h15,17H,4-14H2,1-3H3. The summed E-state index contributed by atoms with van der Waals surface area (Å²) < 4.78 is 0. The summed E-state index contributed by atoms with van der Waals surface area (Å²) >= 11 is 0. The highest BCUT2D eigenvalue weighted by Gasteiger charge is 2.31. The van der Waals surface area contributed by atoms with Crippen molar-refractivity contribution in [3.8, 4) is 0 Å². The maximum atomic E-state index is 3.50. The molecule has 0 bridgehead atoms. The quantitative estimate of drug-likeness (QED) is 0.796. The highest BCUT2D eigenvalue weighted by Crippen LogP contribution is 2.23. The lowest BCUT2D eigenvalue weighted by Gasteiger charge is -2.34. The first-order chi connectivity index (χ1) is 9.11. The Morgan fingerprint density at radius 3 is 2.53 bits per heavy atom. The van der Waals surface area contributed by atoms with Crippen molar-refractivity contribution in [3.63, 3.8) is 0 Å². The molecule has 0 aromatic rings. The SMILES string of the molecule is CCNCC(C)(C)CN1CCC(N2CCCCC2)C1. The molecule has 1 unspecified atom stereocenters. The molecule has 2 saturated heterocycles. The van der Waals surface area contributed by atoms with Gasteiger partial charge in [0, 0.05) is 25.7 Å². The van der Waals surface area contributed by atoms with Crippen molar-refractivity contribution in [2.75, 3.05) is 45.8 Å². The third-order valence-corrected chi connectivity index (χ3v) is 4.66. The van der Waals surface area contributed by atoms with Gasteiger partial charge in [0.2, 0.25) is 0 Å². The third-order valence-electron chi connectivity index (χ3n) is 4.66. The van der Waals surface area contributed by atoms with Crippen LogP contribution in [0.4, 0.5) is 0 Å². The van der Waals surface area contributed by atoms with Crippen LogP contribution in [0.3, 0.4) is 0 Å². The van der Waals surface area contributed by atoms with Crippen LogP contribution in [0.25, 0.3) is 0 Å². The molecule has 0 aromatic heterocycles. The number of hydrogen-bond donors (Lipinski definition) is 1. The fourth-order valence-corrected chi connectivity index (χ4v) is 3.66. The van der Waals surface area contributed by atoms with Crippen LogP contribution in [-0.2, 0) is 0 Å². The summed E-state index contributed by atoms with van der Waals surface area (Å²) in [7, 11) is 0. The van der Waals surface area contributed by atoms with E-state index in [1.165, 1.54) is 58.4 Å². The smallest absolute Gasteiger partial charge is 0.0235 e. The van der Waals surface area contributed by atoms with Crippen LogP contribution in [0.5, 0.6) is 0 Å². The number of piperidine rings is 1. The van der Waals surface area contributed by atoms with Gasteiger partial charge in [0.1, 0.15) is 0 Å². The number of rotatable bonds is 6. The van der Waals surface area contributed by atoms with Crippen molar-refractivity contribution in [3.05, 3.63) is 0 Å². The molecule has 1 atom stereocenters. The van der Waals surface area contributed by atoms with Gasteiger partial charge in [-0.15, -0.1) is 0 Å². The average Bonchev–Trinajstić information content (AvgIpc) is 2.85. The zero-order valence-electron chi connectivity index (χ0n) is 13.2. The highest BCUT2D eigenvalue weighted by molar-refractivity contribution is 4.87. The van der Waals surface area contributed by atoms with Crippen LogP contribution < -0.4 is 5.32 Å². The van der Waals surface area contributed by atoms with E-state index in [-0.39, 0.29) is 0 Å². The first-order valence-corrected chi connectivity index (χ1v) is 8.28. The normalized spacial score (nSPS) is 27.0. The predicted molar refractivity (Wildman–Crippen MR) is 82.6 cm³/mol. The van der Waals surface area contributed by atoms with E-state index in [0.29, 0.717) is 5.41 Å². The van der Waals surface area contributed by atoms with Crippen LogP contribution in [0.1, 0.15) is 46.5 Å². The Morgan fingerprint density at radius 2 is 1.84 bits per heavy atom. The van der Waals surface area contributed by atoms with E-state index in [1.807, 2.05) is 0 Å². The zero-order valence-corrected chi connectivity index (χ0v) is 13.2. The summed E-state index contributed by atoms with van der Waals surface area (Å²) in [6.45, 7) is 15.7. The van der Waals surface area contributed by atoms with E-state index >= 15 is 0 Å². The molecule has 3 nitrogen and oxygen atoms in total. The number of nitrogens with zero attached hydrogens (tertiary/aromatic N) is 2. The van der Waals surface area contributed by atoms with Gasteiger partial charge in [0.15, 0.2) is 0 Å². The lowest BCUT2D eigenvalue weighted by molar-refractivity contribution is 0.148. The van der Waals surface area contributed by atoms with E-state index in [4.69, 9.17) is 0 Å². The molecular weight excluding hydrogens is 234 g/mol. The Bertz CT molecular complexity index is 259. The second-order valence-electron chi connectivity index (χ2n) is 7.22. The molecule has 19 heavy (non-hydrogen) atoms. The van der Waals surface area contributed by atoms with Crippen molar-refractivity contribution in [2.45, 2.75) is 52.5 Å². The van der Waals surface area contributed by atoms with Crippen molar-refractivity contribution in [1.29, 1.82) is 0 Å². The third kappa shape index (κ3) is 4.73. The van der Waals surface area contributed by atoms with Gasteiger partial charge in [-0.25, -0.2) is 0 Å². The molecule has 2 aliphatic rings. The van der Waals surface area contributed by atoms with Gasteiger partial charge in [-0.3, -0.25) is 4.90 Å². The van der Waals surface area contributed by atoms with E-state index in [0.717, 1.165) is 19.1 Å². The molecule has 2 heterocycles. The van der Waals surface area contributed by atoms with Gasteiger partial charge < -0.3 is 10.2 Å². The molecule has 2 rings (SSSR count). The summed E-state index contributed by atoms with van der Waals surface area (Å²) in [5.74, 6) is 0. The van der Waals surface area contributed by atoms with Crippen LogP contribution in [0.15, 0.2) is 0 Å². The Hall–Kier alpha value is -0.120. The van der Waals surface area contributed by atoms with Gasteiger partial charge in [-0.2, -0.15) is 0 Å². The monoisotopic (exact) mass is 267 g/mol. The summed E-state index contributed by atoms with van der Waals surface area (Å²) in [5.41, 5.74) is 0.396. The lowest BCUT2D eigenvalue weighted by atomic mass is 9.93. The number of nitrogens with one attached hydrogen (secondary N) is 1. The molecule has 0 radical (unpaired) electrons. The Labute approximate surface area is 119 Å². The van der Waals surface area contributed by atoms with E-state index in [2.05, 4.69) is 35.9 Å². The molecule has 0 aliphatic carbocycles. The Balaban J connectivity index is 1.74. The predicted octanol–water partition coefficient (Wildman–Crippen LogP) is 2.18. The molecule has 112 valence electrons. The van der Waals surface area contributed by atoms with Gasteiger partial charge in [-0.1, -0.05) is 27.2 Å². The minimum atomic E-state index is 0.396. The highest BCUT2D eigenvalue weighted by atomic mass is 15.3. The summed E-state index contributed by atoms with van der Waals surface area (Å²) in [6, 6.07) is 0.843. The first kappa shape index (κ1) is 15.3.